The number of hydrogen-bond acceptors (Lipinski definition) is 4. The number of rotatable bonds is 6. The molecule has 0 radical (unpaired) electrons. The third kappa shape index (κ3) is 6.11. The first-order chi connectivity index (χ1) is 14.1. The monoisotopic (exact) mass is 521 g/mol. The molecule has 0 bridgehead atoms. The van der Waals surface area contributed by atoms with Gasteiger partial charge in [0.25, 0.3) is 0 Å². The summed E-state index contributed by atoms with van der Waals surface area (Å²) in [5.74, 6) is 2.07. The van der Waals surface area contributed by atoms with Gasteiger partial charge in [-0.1, -0.05) is 25.1 Å². The lowest BCUT2D eigenvalue weighted by molar-refractivity contribution is 0.329. The van der Waals surface area contributed by atoms with Crippen molar-refractivity contribution in [2.45, 2.75) is 51.5 Å². The molecule has 162 valence electrons. The summed E-state index contributed by atoms with van der Waals surface area (Å²) < 4.78 is 1.64. The molecule has 1 saturated carbocycles. The fourth-order valence-electron chi connectivity index (χ4n) is 3.80. The summed E-state index contributed by atoms with van der Waals surface area (Å²) in [5, 5.41) is 21.0. The maximum atomic E-state index is 9.52. The fraction of sp³-hybridized carbons (Fsp3) is 0.500. The van der Waals surface area contributed by atoms with Gasteiger partial charge in [-0.25, -0.2) is 4.68 Å². The number of aryl methyl sites for hydroxylation is 1. The van der Waals surface area contributed by atoms with E-state index in [4.69, 9.17) is 5.73 Å². The standard InChI is InChI=1S/C22H31N7.HI/c1-16-10-12-17(13-11-16)27-22(25-2)26-14-6-9-20-19(15-23)21(24)29(28-20)18-7-4-3-5-8-18;/h3-5,7-8,16-17H,6,9-14,24H2,1-2H3,(H2,25,26,27);1H. The van der Waals surface area contributed by atoms with Crippen LogP contribution in [0.15, 0.2) is 35.3 Å². The molecule has 0 spiro atoms. The molecule has 4 N–H and O–H groups in total. The Balaban J connectivity index is 0.00000320. The van der Waals surface area contributed by atoms with Crippen molar-refractivity contribution in [2.75, 3.05) is 19.3 Å². The topological polar surface area (TPSA) is 104 Å². The van der Waals surface area contributed by atoms with E-state index in [9.17, 15) is 5.26 Å². The van der Waals surface area contributed by atoms with E-state index in [1.807, 2.05) is 30.3 Å². The molecule has 0 atom stereocenters. The number of nitrogen functional groups attached to an aromatic ring is 1. The number of aromatic nitrogens is 2. The highest BCUT2D eigenvalue weighted by molar-refractivity contribution is 14.0. The normalized spacial score (nSPS) is 18.9. The largest absolute Gasteiger partial charge is 0.382 e. The minimum absolute atomic E-state index is 0. The molecule has 2 aromatic rings. The quantitative estimate of drug-likeness (QED) is 0.233. The van der Waals surface area contributed by atoms with Crippen LogP contribution < -0.4 is 16.4 Å². The van der Waals surface area contributed by atoms with E-state index in [2.05, 4.69) is 33.7 Å². The Morgan fingerprint density at radius 3 is 2.60 bits per heavy atom. The third-order valence-corrected chi connectivity index (χ3v) is 5.57. The highest BCUT2D eigenvalue weighted by atomic mass is 127. The number of hydrogen-bond donors (Lipinski definition) is 3. The number of guanidine groups is 1. The molecule has 3 rings (SSSR count). The van der Waals surface area contributed by atoms with Crippen LogP contribution in [0, 0.1) is 17.2 Å². The van der Waals surface area contributed by atoms with Crippen molar-refractivity contribution in [2.24, 2.45) is 10.9 Å². The molecule has 1 aliphatic rings. The van der Waals surface area contributed by atoms with Gasteiger partial charge in [0.1, 0.15) is 17.5 Å². The predicted octanol–water partition coefficient (Wildman–Crippen LogP) is 3.62. The molecule has 1 fully saturated rings. The second-order valence-corrected chi connectivity index (χ2v) is 7.77. The van der Waals surface area contributed by atoms with Crippen molar-refractivity contribution in [1.82, 2.24) is 20.4 Å². The number of nitriles is 1. The van der Waals surface area contributed by atoms with Crippen molar-refractivity contribution >= 4 is 35.8 Å². The van der Waals surface area contributed by atoms with Crippen LogP contribution in [-0.4, -0.2) is 35.4 Å². The number of para-hydroxylation sites is 1. The zero-order chi connectivity index (χ0) is 20.6. The summed E-state index contributed by atoms with van der Waals surface area (Å²) in [5.41, 5.74) is 8.23. The molecule has 1 aromatic heterocycles. The molecule has 0 unspecified atom stereocenters. The van der Waals surface area contributed by atoms with E-state index in [1.54, 1.807) is 11.7 Å². The summed E-state index contributed by atoms with van der Waals surface area (Å²) in [7, 11) is 1.80. The van der Waals surface area contributed by atoms with Crippen molar-refractivity contribution in [3.63, 3.8) is 0 Å². The van der Waals surface area contributed by atoms with Gasteiger partial charge in [0.2, 0.25) is 0 Å². The molecule has 1 heterocycles. The number of nitrogens with two attached hydrogens (primary N) is 1. The average Bonchev–Trinajstić information content (AvgIpc) is 3.07. The van der Waals surface area contributed by atoms with Crippen molar-refractivity contribution in [3.8, 4) is 11.8 Å². The number of nitrogens with zero attached hydrogens (tertiary/aromatic N) is 4. The molecule has 30 heavy (non-hydrogen) atoms. The minimum atomic E-state index is 0. The Labute approximate surface area is 196 Å². The van der Waals surface area contributed by atoms with E-state index in [0.717, 1.165) is 36.2 Å². The molecular weight excluding hydrogens is 489 g/mol. The first-order valence-electron chi connectivity index (χ1n) is 10.4. The summed E-state index contributed by atoms with van der Waals surface area (Å²) in [6.07, 6.45) is 6.46. The molecule has 7 nitrogen and oxygen atoms in total. The predicted molar refractivity (Wildman–Crippen MR) is 132 cm³/mol. The minimum Gasteiger partial charge on any atom is -0.382 e. The molecule has 1 aliphatic carbocycles. The van der Waals surface area contributed by atoms with Crippen molar-refractivity contribution < 1.29 is 0 Å². The Kier molecular flexibility index (Phi) is 9.43. The number of halogens is 1. The molecule has 0 amide bonds. The Morgan fingerprint density at radius 2 is 1.97 bits per heavy atom. The summed E-state index contributed by atoms with van der Waals surface area (Å²) in [4.78, 5) is 4.34. The van der Waals surface area contributed by atoms with E-state index in [1.165, 1.54) is 25.7 Å². The summed E-state index contributed by atoms with van der Waals surface area (Å²) in [6.45, 7) is 3.08. The third-order valence-electron chi connectivity index (χ3n) is 5.57. The van der Waals surface area contributed by atoms with Crippen LogP contribution in [0.3, 0.4) is 0 Å². The second kappa shape index (κ2) is 11.8. The lowest BCUT2D eigenvalue weighted by Gasteiger charge is -2.28. The molecular formula is C22H32IN7. The Morgan fingerprint density at radius 1 is 1.27 bits per heavy atom. The van der Waals surface area contributed by atoms with Crippen LogP contribution in [0.5, 0.6) is 0 Å². The number of aliphatic imine (C=N–C) groups is 1. The van der Waals surface area contributed by atoms with Gasteiger partial charge >= 0.3 is 0 Å². The number of benzene rings is 1. The van der Waals surface area contributed by atoms with E-state index in [0.29, 0.717) is 23.8 Å². The SMILES string of the molecule is CN=C(NCCCc1nn(-c2ccccc2)c(N)c1C#N)NC1CCC(C)CC1.I. The smallest absolute Gasteiger partial charge is 0.191 e. The number of anilines is 1. The molecule has 0 aliphatic heterocycles. The van der Waals surface area contributed by atoms with E-state index in [-0.39, 0.29) is 24.0 Å². The van der Waals surface area contributed by atoms with Gasteiger partial charge in [0.05, 0.1) is 11.4 Å². The second-order valence-electron chi connectivity index (χ2n) is 7.77. The highest BCUT2D eigenvalue weighted by Gasteiger charge is 2.19. The lowest BCUT2D eigenvalue weighted by atomic mass is 9.87. The van der Waals surface area contributed by atoms with E-state index >= 15 is 0 Å². The number of nitrogens with one attached hydrogen (secondary N) is 2. The maximum Gasteiger partial charge on any atom is 0.191 e. The van der Waals surface area contributed by atoms with Gasteiger partial charge in [-0.15, -0.1) is 24.0 Å². The Bertz CT molecular complexity index is 862. The summed E-state index contributed by atoms with van der Waals surface area (Å²) >= 11 is 0. The van der Waals surface area contributed by atoms with Crippen LogP contribution in [-0.2, 0) is 6.42 Å². The van der Waals surface area contributed by atoms with Crippen LogP contribution in [0.1, 0.15) is 50.3 Å². The van der Waals surface area contributed by atoms with Crippen molar-refractivity contribution in [1.29, 1.82) is 5.26 Å². The summed E-state index contributed by atoms with van der Waals surface area (Å²) in [6, 6.07) is 12.4. The van der Waals surface area contributed by atoms with Crippen LogP contribution >= 0.6 is 24.0 Å². The molecule has 8 heteroatoms. The zero-order valence-corrected chi connectivity index (χ0v) is 20.1. The van der Waals surface area contributed by atoms with Crippen molar-refractivity contribution in [3.05, 3.63) is 41.6 Å². The van der Waals surface area contributed by atoms with Gasteiger partial charge in [0, 0.05) is 19.6 Å². The van der Waals surface area contributed by atoms with E-state index < -0.39 is 0 Å². The van der Waals surface area contributed by atoms with Crippen LogP contribution in [0.4, 0.5) is 5.82 Å². The Hall–Kier alpha value is -2.28. The van der Waals surface area contributed by atoms with Crippen LogP contribution in [0.2, 0.25) is 0 Å². The van der Waals surface area contributed by atoms with Gasteiger partial charge in [0.15, 0.2) is 5.96 Å². The van der Waals surface area contributed by atoms with Crippen LogP contribution in [0.25, 0.3) is 5.69 Å². The first-order valence-corrected chi connectivity index (χ1v) is 10.4. The molecule has 0 saturated heterocycles. The average molecular weight is 521 g/mol. The lowest BCUT2D eigenvalue weighted by Crippen LogP contribution is -2.45. The highest BCUT2D eigenvalue weighted by Crippen LogP contribution is 2.23. The van der Waals surface area contributed by atoms with Gasteiger partial charge in [-0.05, 0) is 56.6 Å². The zero-order valence-electron chi connectivity index (χ0n) is 17.8. The fourth-order valence-corrected chi connectivity index (χ4v) is 3.80. The van der Waals surface area contributed by atoms with Gasteiger partial charge in [-0.2, -0.15) is 10.4 Å². The molecule has 1 aromatic carbocycles. The maximum absolute atomic E-state index is 9.52. The van der Waals surface area contributed by atoms with Gasteiger partial charge < -0.3 is 16.4 Å². The first kappa shape index (κ1) is 24.0. The van der Waals surface area contributed by atoms with Gasteiger partial charge in [-0.3, -0.25) is 4.99 Å².